The Balaban J connectivity index is -0.00000000333. The van der Waals surface area contributed by atoms with Crippen molar-refractivity contribution in [3.8, 4) is 0 Å². The zero-order valence-corrected chi connectivity index (χ0v) is 4.89. The molecule has 0 spiro atoms. The van der Waals surface area contributed by atoms with E-state index in [1.807, 2.05) is 0 Å². The molecule has 0 bridgehead atoms. The summed E-state index contributed by atoms with van der Waals surface area (Å²) in [4.78, 5) is 0. The van der Waals surface area contributed by atoms with Gasteiger partial charge >= 0.3 is 22.5 Å². The molecule has 0 aliphatic carbocycles. The number of hydrogen-bond donors (Lipinski definition) is 4. The molecule has 0 aromatic rings. The Kier molecular flexibility index (Phi) is 1460. The molecule has 0 amide bonds. The van der Waals surface area contributed by atoms with Crippen molar-refractivity contribution in [2.75, 3.05) is 0 Å². The Morgan fingerprint density at radius 1 is 0.714 bits per heavy atom. The first kappa shape index (κ1) is 64.4. The minimum absolute atomic E-state index is 0. The monoisotopic (exact) mass is 163 g/mol. The fourth-order valence-corrected chi connectivity index (χ4v) is 0. The first-order valence-corrected chi connectivity index (χ1v) is 1.02. The van der Waals surface area contributed by atoms with E-state index >= 15 is 0 Å². The van der Waals surface area contributed by atoms with Crippen LogP contribution >= 0.6 is 0 Å². The molecule has 0 radical (unpaired) electrons. The van der Waals surface area contributed by atoms with Crippen LogP contribution in [0.5, 0.6) is 0 Å². The predicted molar refractivity (Wildman–Crippen MR) is 21.5 cm³/mol. The van der Waals surface area contributed by atoms with Crippen LogP contribution in [0, 0.1) is 0 Å². The summed E-state index contributed by atoms with van der Waals surface area (Å²) < 4.78 is 16.6. The summed E-state index contributed by atoms with van der Waals surface area (Å²) in [6, 6.07) is 0. The van der Waals surface area contributed by atoms with E-state index < -0.39 is 14.8 Å². The second-order valence-corrected chi connectivity index (χ2v) is 0.207. The topological polar surface area (TPSA) is 174 Å². The second-order valence-electron chi connectivity index (χ2n) is 0.0503. The van der Waals surface area contributed by atoms with E-state index in [4.69, 9.17) is 7.67 Å². The van der Waals surface area contributed by atoms with Crippen LogP contribution in [0.2, 0.25) is 0 Å². The van der Waals surface area contributed by atoms with E-state index in [1.54, 1.807) is 0 Å². The van der Waals surface area contributed by atoms with Gasteiger partial charge in [-0.1, -0.05) is 0 Å². The third-order valence-corrected chi connectivity index (χ3v) is 0. The van der Waals surface area contributed by atoms with Gasteiger partial charge in [0.25, 0.3) is 0 Å². The summed E-state index contributed by atoms with van der Waals surface area (Å²) in [5.74, 6) is 0. The van der Waals surface area contributed by atoms with Crippen molar-refractivity contribution in [3.05, 3.63) is 0 Å². The predicted octanol–water partition coefficient (Wildman–Crippen LogP) is 0.408. The van der Waals surface area contributed by atoms with Crippen LogP contribution in [0.25, 0.3) is 0 Å². The molecule has 0 heterocycles. The first-order chi connectivity index (χ1) is 1.41. The molecule has 0 aliphatic rings. The molecule has 0 rings (SSSR count). The average molecular weight is 164 g/mol. The number of rotatable bonds is 0. The van der Waals surface area contributed by atoms with Crippen molar-refractivity contribution in [2.45, 2.75) is 0 Å². The van der Waals surface area contributed by atoms with Crippen LogP contribution in [-0.4, -0.2) is 0 Å². The summed E-state index contributed by atoms with van der Waals surface area (Å²) in [7, 11) is 0. The van der Waals surface area contributed by atoms with Crippen LogP contribution in [0.4, 0.5) is 0 Å². The van der Waals surface area contributed by atoms with Crippen molar-refractivity contribution < 1.29 is 22.5 Å². The summed E-state index contributed by atoms with van der Waals surface area (Å²) in [5, 5.41) is 0. The van der Waals surface area contributed by atoms with Crippen molar-refractivity contribution in [3.63, 3.8) is 0 Å². The molecule has 0 aliphatic heterocycles. The SMILES string of the molecule is N.N.N.N.[O]=[Cu]=[O]. The minimum atomic E-state index is -0.688. The van der Waals surface area contributed by atoms with Gasteiger partial charge in [-0.25, -0.2) is 0 Å². The van der Waals surface area contributed by atoms with Gasteiger partial charge < -0.3 is 24.6 Å². The molecular weight excluding hydrogens is 152 g/mol. The fraction of sp³-hybridized carbons (Fsp3) is 0. The maximum atomic E-state index is 8.28. The summed E-state index contributed by atoms with van der Waals surface area (Å²) in [5.41, 5.74) is 0. The first-order valence-electron chi connectivity index (χ1n) is 0.246. The van der Waals surface area contributed by atoms with E-state index in [1.165, 1.54) is 0 Å². The summed E-state index contributed by atoms with van der Waals surface area (Å²) in [6.07, 6.45) is 0. The van der Waals surface area contributed by atoms with Crippen LogP contribution in [0.3, 0.4) is 0 Å². The van der Waals surface area contributed by atoms with Gasteiger partial charge in [0.1, 0.15) is 0 Å². The Morgan fingerprint density at radius 2 is 0.714 bits per heavy atom. The Morgan fingerprint density at radius 3 is 0.714 bits per heavy atom. The molecule has 6 nitrogen and oxygen atoms in total. The van der Waals surface area contributed by atoms with E-state index in [0.717, 1.165) is 0 Å². The van der Waals surface area contributed by atoms with Gasteiger partial charge in [-0.2, -0.15) is 0 Å². The normalized spacial score (nSPS) is 2.86. The van der Waals surface area contributed by atoms with Crippen molar-refractivity contribution in [1.29, 1.82) is 0 Å². The molecule has 55 valence electrons. The van der Waals surface area contributed by atoms with Crippen LogP contribution in [0.1, 0.15) is 0 Å². The quantitative estimate of drug-likeness (QED) is 0.376. The van der Waals surface area contributed by atoms with Gasteiger partial charge in [0, 0.05) is 0 Å². The Bertz CT molecular complexity index is 30.7. The summed E-state index contributed by atoms with van der Waals surface area (Å²) >= 11 is -0.688. The molecule has 0 saturated carbocycles. The van der Waals surface area contributed by atoms with Crippen molar-refractivity contribution >= 4 is 0 Å². The third-order valence-electron chi connectivity index (χ3n) is 0. The Hall–Kier alpha value is -0.0405. The molecule has 12 N–H and O–H groups in total. The molecule has 0 aromatic heterocycles. The molecule has 0 atom stereocenters. The van der Waals surface area contributed by atoms with E-state index in [2.05, 4.69) is 0 Å². The fourth-order valence-electron chi connectivity index (χ4n) is 0. The molecule has 0 unspecified atom stereocenters. The number of hydrogen-bond acceptors (Lipinski definition) is 6. The molecular formula is H12CuN4O2. The molecule has 0 aromatic carbocycles. The average Bonchev–Trinajstić information content (AvgIpc) is 0.918. The molecule has 7 heavy (non-hydrogen) atoms. The van der Waals surface area contributed by atoms with Gasteiger partial charge in [-0.15, -0.1) is 0 Å². The maximum absolute atomic E-state index is 8.28. The van der Waals surface area contributed by atoms with Gasteiger partial charge in [0.15, 0.2) is 0 Å². The van der Waals surface area contributed by atoms with Crippen molar-refractivity contribution in [2.24, 2.45) is 0 Å². The zero-order chi connectivity index (χ0) is 2.71. The van der Waals surface area contributed by atoms with Gasteiger partial charge in [-0.05, 0) is 0 Å². The van der Waals surface area contributed by atoms with Crippen LogP contribution < -0.4 is 24.6 Å². The van der Waals surface area contributed by atoms with Gasteiger partial charge in [-0.3, -0.25) is 0 Å². The van der Waals surface area contributed by atoms with Crippen LogP contribution in [-0.2, 0) is 22.5 Å². The third kappa shape index (κ3) is 56900. The summed E-state index contributed by atoms with van der Waals surface area (Å²) in [6.45, 7) is 0. The van der Waals surface area contributed by atoms with E-state index in [-0.39, 0.29) is 24.6 Å². The van der Waals surface area contributed by atoms with Crippen molar-refractivity contribution in [1.82, 2.24) is 24.6 Å². The van der Waals surface area contributed by atoms with E-state index in [9.17, 15) is 0 Å². The standard InChI is InChI=1S/Cu.4H3N.2O/h;4*1H3;;. The molecule has 0 fully saturated rings. The Labute approximate surface area is 47.9 Å². The van der Waals surface area contributed by atoms with E-state index in [0.29, 0.717) is 0 Å². The zero-order valence-electron chi connectivity index (χ0n) is 3.95. The molecule has 7 heteroatoms. The molecule has 0 saturated heterocycles. The van der Waals surface area contributed by atoms with Gasteiger partial charge in [0.2, 0.25) is 0 Å². The second kappa shape index (κ2) is 159. The van der Waals surface area contributed by atoms with Gasteiger partial charge in [0.05, 0.1) is 0 Å². The van der Waals surface area contributed by atoms with Crippen LogP contribution in [0.15, 0.2) is 0 Å².